The van der Waals surface area contributed by atoms with E-state index in [9.17, 15) is 4.79 Å². The summed E-state index contributed by atoms with van der Waals surface area (Å²) in [6.45, 7) is 4.45. The molecule has 0 spiro atoms. The van der Waals surface area contributed by atoms with Gasteiger partial charge in [0, 0.05) is 29.7 Å². The number of aromatic amines is 1. The molecule has 2 N–H and O–H groups in total. The van der Waals surface area contributed by atoms with Crippen molar-refractivity contribution in [3.63, 3.8) is 0 Å². The summed E-state index contributed by atoms with van der Waals surface area (Å²) in [6.07, 6.45) is 3.32. The van der Waals surface area contributed by atoms with Crippen LogP contribution in [0.25, 0.3) is 0 Å². The molecule has 6 heteroatoms. The lowest BCUT2D eigenvalue weighted by Gasteiger charge is -2.09. The molecule has 0 radical (unpaired) electrons. The number of carbonyl (C=O) groups excluding carboxylic acids is 1. The molecule has 0 saturated carbocycles. The minimum Gasteiger partial charge on any atom is -0.351 e. The molecule has 17 heavy (non-hydrogen) atoms. The Labute approximate surface area is 103 Å². The van der Waals surface area contributed by atoms with Gasteiger partial charge in [0.05, 0.1) is 16.8 Å². The molecule has 0 aliphatic rings. The van der Waals surface area contributed by atoms with E-state index >= 15 is 0 Å². The number of amides is 1. The first-order valence-electron chi connectivity index (χ1n) is 5.36. The zero-order valence-corrected chi connectivity index (χ0v) is 10.5. The van der Waals surface area contributed by atoms with E-state index in [4.69, 9.17) is 0 Å². The standard InChI is InChI=1S/C11H14N4OS/c1-7(11-12-3-4-17-11)5-13-10(16)9-6-14-15-8(9)2/h3-4,6-7H,5H2,1-2H3,(H,13,16)(H,14,15). The summed E-state index contributed by atoms with van der Waals surface area (Å²) >= 11 is 1.60. The summed E-state index contributed by atoms with van der Waals surface area (Å²) in [6, 6.07) is 0. The van der Waals surface area contributed by atoms with Crippen LogP contribution in [0.3, 0.4) is 0 Å². The van der Waals surface area contributed by atoms with Crippen LogP contribution in [0.1, 0.15) is 33.9 Å². The SMILES string of the molecule is Cc1[nH]ncc1C(=O)NCC(C)c1nccs1. The molecular formula is C11H14N4OS. The van der Waals surface area contributed by atoms with Crippen LogP contribution in [0.15, 0.2) is 17.8 Å². The topological polar surface area (TPSA) is 70.7 Å². The van der Waals surface area contributed by atoms with E-state index in [2.05, 4.69) is 20.5 Å². The Morgan fingerprint density at radius 3 is 3.06 bits per heavy atom. The van der Waals surface area contributed by atoms with Crippen molar-refractivity contribution in [2.24, 2.45) is 0 Å². The molecule has 0 aliphatic carbocycles. The Morgan fingerprint density at radius 2 is 2.47 bits per heavy atom. The van der Waals surface area contributed by atoms with Gasteiger partial charge in [-0.3, -0.25) is 9.89 Å². The average Bonchev–Trinajstić information content (AvgIpc) is 2.95. The van der Waals surface area contributed by atoms with Crippen molar-refractivity contribution < 1.29 is 4.79 Å². The Balaban J connectivity index is 1.91. The zero-order valence-electron chi connectivity index (χ0n) is 9.73. The number of hydrogen-bond acceptors (Lipinski definition) is 4. The number of H-pyrrole nitrogens is 1. The van der Waals surface area contributed by atoms with Gasteiger partial charge in [-0.15, -0.1) is 11.3 Å². The normalized spacial score (nSPS) is 12.4. The van der Waals surface area contributed by atoms with Crippen molar-refractivity contribution in [1.82, 2.24) is 20.5 Å². The van der Waals surface area contributed by atoms with Crippen molar-refractivity contribution >= 4 is 17.2 Å². The molecule has 0 fully saturated rings. The molecule has 0 aromatic carbocycles. The highest BCUT2D eigenvalue weighted by molar-refractivity contribution is 7.09. The average molecular weight is 250 g/mol. The van der Waals surface area contributed by atoms with Gasteiger partial charge in [-0.05, 0) is 6.92 Å². The Kier molecular flexibility index (Phi) is 3.53. The maximum absolute atomic E-state index is 11.8. The molecule has 90 valence electrons. The lowest BCUT2D eigenvalue weighted by molar-refractivity contribution is 0.0951. The van der Waals surface area contributed by atoms with Crippen LogP contribution in [-0.4, -0.2) is 27.6 Å². The third-order valence-corrected chi connectivity index (χ3v) is 3.52. The largest absolute Gasteiger partial charge is 0.351 e. The maximum Gasteiger partial charge on any atom is 0.254 e. The highest BCUT2D eigenvalue weighted by atomic mass is 32.1. The monoisotopic (exact) mass is 250 g/mol. The number of nitrogens with zero attached hydrogens (tertiary/aromatic N) is 2. The zero-order chi connectivity index (χ0) is 12.3. The number of hydrogen-bond donors (Lipinski definition) is 2. The highest BCUT2D eigenvalue weighted by Crippen LogP contribution is 2.16. The van der Waals surface area contributed by atoms with Crippen molar-refractivity contribution in [2.75, 3.05) is 6.54 Å². The summed E-state index contributed by atoms with van der Waals surface area (Å²) in [4.78, 5) is 16.0. The molecule has 2 aromatic heterocycles. The second-order valence-corrected chi connectivity index (χ2v) is 4.82. The van der Waals surface area contributed by atoms with Crippen LogP contribution < -0.4 is 5.32 Å². The fourth-order valence-corrected chi connectivity index (χ4v) is 2.18. The van der Waals surface area contributed by atoms with Gasteiger partial charge in [-0.1, -0.05) is 6.92 Å². The molecule has 1 atom stereocenters. The van der Waals surface area contributed by atoms with Crippen LogP contribution in [0.5, 0.6) is 0 Å². The third kappa shape index (κ3) is 2.71. The second-order valence-electron chi connectivity index (χ2n) is 3.89. The molecular weight excluding hydrogens is 236 g/mol. The predicted octanol–water partition coefficient (Wildman–Crippen LogP) is 1.71. The molecule has 1 unspecified atom stereocenters. The minimum atomic E-state index is -0.0975. The number of thiazole rings is 1. The second kappa shape index (κ2) is 5.09. The number of carbonyl (C=O) groups is 1. The number of nitrogens with one attached hydrogen (secondary N) is 2. The van der Waals surface area contributed by atoms with E-state index in [1.54, 1.807) is 23.7 Å². The molecule has 1 amide bonds. The van der Waals surface area contributed by atoms with Crippen molar-refractivity contribution in [2.45, 2.75) is 19.8 Å². The fraction of sp³-hybridized carbons (Fsp3) is 0.364. The van der Waals surface area contributed by atoms with Gasteiger partial charge in [0.2, 0.25) is 0 Å². The molecule has 2 rings (SSSR count). The van der Waals surface area contributed by atoms with Crippen LogP contribution in [-0.2, 0) is 0 Å². The maximum atomic E-state index is 11.8. The van der Waals surface area contributed by atoms with E-state index in [1.807, 2.05) is 19.2 Å². The third-order valence-electron chi connectivity index (χ3n) is 2.52. The molecule has 2 aromatic rings. The van der Waals surface area contributed by atoms with Gasteiger partial charge in [-0.25, -0.2) is 4.98 Å². The molecule has 0 bridgehead atoms. The molecule has 2 heterocycles. The first kappa shape index (κ1) is 11.8. The number of aromatic nitrogens is 3. The van der Waals surface area contributed by atoms with Gasteiger partial charge in [0.25, 0.3) is 5.91 Å². The van der Waals surface area contributed by atoms with Crippen molar-refractivity contribution in [3.05, 3.63) is 34.0 Å². The summed E-state index contributed by atoms with van der Waals surface area (Å²) in [5.74, 6) is 0.130. The molecule has 0 aliphatic heterocycles. The van der Waals surface area contributed by atoms with Crippen molar-refractivity contribution in [3.8, 4) is 0 Å². The van der Waals surface area contributed by atoms with Crippen LogP contribution in [0.2, 0.25) is 0 Å². The Morgan fingerprint density at radius 1 is 1.65 bits per heavy atom. The summed E-state index contributed by atoms with van der Waals surface area (Å²) in [5, 5.41) is 12.4. The van der Waals surface area contributed by atoms with Crippen molar-refractivity contribution in [1.29, 1.82) is 0 Å². The fourth-order valence-electron chi connectivity index (χ4n) is 1.49. The first-order valence-corrected chi connectivity index (χ1v) is 6.24. The smallest absolute Gasteiger partial charge is 0.254 e. The van der Waals surface area contributed by atoms with Gasteiger partial charge in [0.1, 0.15) is 0 Å². The minimum absolute atomic E-state index is 0.0975. The number of rotatable bonds is 4. The van der Waals surface area contributed by atoms with Crippen LogP contribution in [0, 0.1) is 6.92 Å². The summed E-state index contributed by atoms with van der Waals surface area (Å²) in [5.41, 5.74) is 1.38. The number of aryl methyl sites for hydroxylation is 1. The lowest BCUT2D eigenvalue weighted by Crippen LogP contribution is -2.27. The van der Waals surface area contributed by atoms with Gasteiger partial charge >= 0.3 is 0 Å². The van der Waals surface area contributed by atoms with Crippen LogP contribution >= 0.6 is 11.3 Å². The molecule has 0 saturated heterocycles. The summed E-state index contributed by atoms with van der Waals surface area (Å²) < 4.78 is 0. The quantitative estimate of drug-likeness (QED) is 0.867. The Hall–Kier alpha value is -1.69. The van der Waals surface area contributed by atoms with Gasteiger partial charge in [-0.2, -0.15) is 5.10 Å². The van der Waals surface area contributed by atoms with E-state index < -0.39 is 0 Å². The predicted molar refractivity (Wildman–Crippen MR) is 66.2 cm³/mol. The highest BCUT2D eigenvalue weighted by Gasteiger charge is 2.13. The Bertz CT molecular complexity index is 491. The van der Waals surface area contributed by atoms with E-state index in [-0.39, 0.29) is 11.8 Å². The summed E-state index contributed by atoms with van der Waals surface area (Å²) in [7, 11) is 0. The molecule has 5 nitrogen and oxygen atoms in total. The lowest BCUT2D eigenvalue weighted by atomic mass is 10.2. The van der Waals surface area contributed by atoms with Gasteiger partial charge in [0.15, 0.2) is 0 Å². The van der Waals surface area contributed by atoms with Gasteiger partial charge < -0.3 is 5.32 Å². The van der Waals surface area contributed by atoms with E-state index in [0.717, 1.165) is 10.7 Å². The van der Waals surface area contributed by atoms with E-state index in [0.29, 0.717) is 12.1 Å². The van der Waals surface area contributed by atoms with Crippen LogP contribution in [0.4, 0.5) is 0 Å². The van der Waals surface area contributed by atoms with E-state index in [1.165, 1.54) is 0 Å². The first-order chi connectivity index (χ1) is 8.18.